The van der Waals surface area contributed by atoms with E-state index in [1.54, 1.807) is 30.4 Å². The number of hydrogen-bond acceptors (Lipinski definition) is 1. The van der Waals surface area contributed by atoms with E-state index in [-0.39, 0.29) is 5.41 Å². The molecule has 1 aromatic rings. The highest BCUT2D eigenvalue weighted by atomic mass is 14.8. The fraction of sp³-hybridized carbons (Fsp3) is 0.100. The van der Waals surface area contributed by atoms with Gasteiger partial charge in [0, 0.05) is 11.0 Å². The Morgan fingerprint density at radius 2 is 0.935 bits per heavy atom. The predicted octanol–water partition coefficient (Wildman–Crippen LogP) is 8.59. The second-order valence-electron chi connectivity index (χ2n) is 7.47. The van der Waals surface area contributed by atoms with Crippen LogP contribution in [0.25, 0.3) is 24.3 Å². The van der Waals surface area contributed by atoms with Crippen molar-refractivity contribution < 1.29 is 0 Å². The second kappa shape index (κ2) is 10.9. The van der Waals surface area contributed by atoms with Crippen LogP contribution in [-0.2, 0) is 5.41 Å². The normalized spacial score (nSPS) is 15.2. The molecule has 0 unspecified atom stereocenters. The molecule has 1 heterocycles. The van der Waals surface area contributed by atoms with Gasteiger partial charge in [-0.05, 0) is 28.3 Å². The molecule has 0 aliphatic carbocycles. The molecule has 0 spiro atoms. The summed E-state index contributed by atoms with van der Waals surface area (Å²) in [6.07, 6.45) is 29.0. The van der Waals surface area contributed by atoms with Crippen molar-refractivity contribution in [3.63, 3.8) is 0 Å². The smallest absolute Gasteiger partial charge is 0.0759 e. The van der Waals surface area contributed by atoms with Crippen LogP contribution in [0.1, 0.15) is 41.7 Å². The molecule has 0 saturated heterocycles. The van der Waals surface area contributed by atoms with Crippen molar-refractivity contribution in [2.24, 2.45) is 4.99 Å². The zero-order chi connectivity index (χ0) is 22.9. The zero-order valence-corrected chi connectivity index (χ0v) is 18.6. The highest BCUT2D eigenvalue weighted by molar-refractivity contribution is 6.11. The minimum absolute atomic E-state index is 0.288. The van der Waals surface area contributed by atoms with E-state index in [0.29, 0.717) is 0 Å². The Labute approximate surface area is 187 Å². The van der Waals surface area contributed by atoms with Gasteiger partial charge in [0.2, 0.25) is 0 Å². The first kappa shape index (κ1) is 23.6. The van der Waals surface area contributed by atoms with Gasteiger partial charge in [-0.2, -0.15) is 0 Å². The zero-order valence-electron chi connectivity index (χ0n) is 18.6. The number of rotatable bonds is 10. The van der Waals surface area contributed by atoms with E-state index < -0.39 is 0 Å². The minimum atomic E-state index is -0.288. The van der Waals surface area contributed by atoms with Crippen molar-refractivity contribution in [1.82, 2.24) is 0 Å². The van der Waals surface area contributed by atoms with E-state index in [4.69, 9.17) is 4.99 Å². The third-order valence-corrected chi connectivity index (χ3v) is 5.12. The van der Waals surface area contributed by atoms with Crippen molar-refractivity contribution in [3.05, 3.63) is 128 Å². The molecule has 0 atom stereocenters. The number of aliphatic imine (C=N–C) groups is 1. The lowest BCUT2D eigenvalue weighted by molar-refractivity contribution is 0.738. The van der Waals surface area contributed by atoms with Crippen LogP contribution >= 0.6 is 0 Å². The molecule has 0 bridgehead atoms. The Bertz CT molecular complexity index is 1080. The summed E-state index contributed by atoms with van der Waals surface area (Å²) >= 11 is 0. The molecule has 1 nitrogen and oxygen atoms in total. The fourth-order valence-electron chi connectivity index (χ4n) is 3.71. The standard InChI is InChI=1S/C30H31N/c1-8-13-18-23-24(19-14-9-2)26(21-16-11-4)29-28(25(23)20-15-10-3)30(6,7)27(31-29)22-17-12-5/h8-22H,1-5H2,6-7H3. The monoisotopic (exact) mass is 405 g/mol. The third-order valence-electron chi connectivity index (χ3n) is 5.12. The van der Waals surface area contributed by atoms with E-state index in [1.165, 1.54) is 5.56 Å². The Hall–Kier alpha value is -3.71. The van der Waals surface area contributed by atoms with E-state index >= 15 is 0 Å². The van der Waals surface area contributed by atoms with Gasteiger partial charge < -0.3 is 0 Å². The van der Waals surface area contributed by atoms with Crippen LogP contribution in [0.15, 0.2) is 105 Å². The molecule has 1 heteroatoms. The van der Waals surface area contributed by atoms with Gasteiger partial charge in [0.05, 0.1) is 11.4 Å². The Morgan fingerprint density at radius 1 is 0.548 bits per heavy atom. The number of fused-ring (bicyclic) bond motifs is 1. The Balaban J connectivity index is 3.13. The summed E-state index contributed by atoms with van der Waals surface area (Å²) in [7, 11) is 0. The van der Waals surface area contributed by atoms with Crippen LogP contribution < -0.4 is 0 Å². The van der Waals surface area contributed by atoms with Crippen molar-refractivity contribution in [3.8, 4) is 0 Å². The average molecular weight is 406 g/mol. The summed E-state index contributed by atoms with van der Waals surface area (Å²) in [4.78, 5) is 5.09. The molecule has 0 radical (unpaired) electrons. The topological polar surface area (TPSA) is 12.4 Å². The average Bonchev–Trinajstić information content (AvgIpc) is 3.02. The highest BCUT2D eigenvalue weighted by Crippen LogP contribution is 2.49. The fourth-order valence-corrected chi connectivity index (χ4v) is 3.71. The van der Waals surface area contributed by atoms with Crippen LogP contribution in [0.3, 0.4) is 0 Å². The van der Waals surface area contributed by atoms with E-state index in [0.717, 1.165) is 33.7 Å². The maximum absolute atomic E-state index is 5.09. The molecule has 1 aromatic carbocycles. The molecule has 0 N–H and O–H groups in total. The summed E-state index contributed by atoms with van der Waals surface area (Å²) in [6.45, 7) is 23.6. The minimum Gasteiger partial charge on any atom is -0.252 e. The number of hydrogen-bond donors (Lipinski definition) is 0. The summed E-state index contributed by atoms with van der Waals surface area (Å²) in [5, 5.41) is 0. The summed E-state index contributed by atoms with van der Waals surface area (Å²) < 4.78 is 0. The van der Waals surface area contributed by atoms with Crippen molar-refractivity contribution in [2.45, 2.75) is 19.3 Å². The summed E-state index contributed by atoms with van der Waals surface area (Å²) in [6, 6.07) is 0. The summed E-state index contributed by atoms with van der Waals surface area (Å²) in [5.41, 5.74) is 7.16. The molecule has 31 heavy (non-hydrogen) atoms. The van der Waals surface area contributed by atoms with Gasteiger partial charge in [0.1, 0.15) is 0 Å². The third kappa shape index (κ3) is 4.90. The quantitative estimate of drug-likeness (QED) is 0.346. The molecule has 1 aliphatic heterocycles. The van der Waals surface area contributed by atoms with Gasteiger partial charge in [0.15, 0.2) is 0 Å². The van der Waals surface area contributed by atoms with Gasteiger partial charge in [-0.25, -0.2) is 0 Å². The first-order valence-corrected chi connectivity index (χ1v) is 10.3. The molecule has 0 amide bonds. The van der Waals surface area contributed by atoms with E-state index in [9.17, 15) is 0 Å². The predicted molar refractivity (Wildman–Crippen MR) is 143 cm³/mol. The van der Waals surface area contributed by atoms with Crippen LogP contribution in [0.2, 0.25) is 0 Å². The maximum Gasteiger partial charge on any atom is 0.0759 e. The van der Waals surface area contributed by atoms with Crippen LogP contribution in [0.5, 0.6) is 0 Å². The van der Waals surface area contributed by atoms with Gasteiger partial charge in [-0.3, -0.25) is 4.99 Å². The van der Waals surface area contributed by atoms with Crippen LogP contribution in [0.4, 0.5) is 5.69 Å². The molecular weight excluding hydrogens is 374 g/mol. The van der Waals surface area contributed by atoms with E-state index in [2.05, 4.69) is 71.0 Å². The van der Waals surface area contributed by atoms with Gasteiger partial charge in [-0.1, -0.05) is 132 Å². The highest BCUT2D eigenvalue weighted by Gasteiger charge is 2.38. The molecule has 1 aliphatic rings. The molecule has 0 aromatic heterocycles. The van der Waals surface area contributed by atoms with Gasteiger partial charge in [0.25, 0.3) is 0 Å². The summed E-state index contributed by atoms with van der Waals surface area (Å²) in [5.74, 6) is 0. The van der Waals surface area contributed by atoms with Crippen molar-refractivity contribution >= 4 is 35.7 Å². The lowest BCUT2D eigenvalue weighted by atomic mass is 9.75. The molecule has 156 valence electrons. The molecule has 0 saturated carbocycles. The lowest BCUT2D eigenvalue weighted by Crippen LogP contribution is -2.25. The Kier molecular flexibility index (Phi) is 8.28. The second-order valence-corrected chi connectivity index (χ2v) is 7.47. The van der Waals surface area contributed by atoms with E-state index in [1.807, 2.05) is 36.5 Å². The largest absolute Gasteiger partial charge is 0.252 e. The van der Waals surface area contributed by atoms with Crippen molar-refractivity contribution in [1.29, 1.82) is 0 Å². The SMILES string of the molecule is C=CC=CC1=Nc2c(C=CC=C)c(C=CC=C)c(C=CC=C)c(C=CC=C)c2C1(C)C. The number of benzene rings is 1. The first-order valence-electron chi connectivity index (χ1n) is 10.3. The first-order chi connectivity index (χ1) is 15.0. The number of allylic oxidation sites excluding steroid dienone is 11. The molecule has 0 fully saturated rings. The lowest BCUT2D eigenvalue weighted by Gasteiger charge is -2.26. The number of nitrogens with zero attached hydrogens (tertiary/aromatic N) is 1. The van der Waals surface area contributed by atoms with Crippen molar-refractivity contribution in [2.75, 3.05) is 0 Å². The van der Waals surface area contributed by atoms with Crippen LogP contribution in [-0.4, -0.2) is 5.71 Å². The maximum atomic E-state index is 5.09. The van der Waals surface area contributed by atoms with Gasteiger partial charge >= 0.3 is 0 Å². The van der Waals surface area contributed by atoms with Gasteiger partial charge in [-0.15, -0.1) is 0 Å². The molecular formula is C30H31N. The molecule has 2 rings (SSSR count). The Morgan fingerprint density at radius 3 is 1.42 bits per heavy atom. The van der Waals surface area contributed by atoms with Crippen LogP contribution in [0, 0.1) is 0 Å².